The van der Waals surface area contributed by atoms with Crippen LogP contribution in [0.1, 0.15) is 53.5 Å². The number of nitrogens with zero attached hydrogens (tertiary/aromatic N) is 1. The van der Waals surface area contributed by atoms with Crippen molar-refractivity contribution in [2.45, 2.75) is 57.5 Å². The molecule has 11 heteroatoms. The summed E-state index contributed by atoms with van der Waals surface area (Å²) in [5, 5.41) is 5.48. The molecule has 2 aromatic rings. The van der Waals surface area contributed by atoms with Crippen LogP contribution in [0.15, 0.2) is 36.4 Å². The summed E-state index contributed by atoms with van der Waals surface area (Å²) in [5.74, 6) is -0.0121. The van der Waals surface area contributed by atoms with Gasteiger partial charge in [0.05, 0.1) is 23.0 Å². The summed E-state index contributed by atoms with van der Waals surface area (Å²) in [4.78, 5) is 27.2. The fourth-order valence-corrected chi connectivity index (χ4v) is 5.52. The van der Waals surface area contributed by atoms with E-state index in [1.165, 1.54) is 0 Å². The first kappa shape index (κ1) is 26.5. The second-order valence-corrected chi connectivity index (χ2v) is 10.7. The number of amides is 2. The molecule has 2 amide bonds. The Morgan fingerprint density at radius 3 is 2.32 bits per heavy atom. The van der Waals surface area contributed by atoms with Crippen LogP contribution in [0.5, 0.6) is 0 Å². The van der Waals surface area contributed by atoms with Gasteiger partial charge >= 0.3 is 12.4 Å². The van der Waals surface area contributed by atoms with Gasteiger partial charge in [0.2, 0.25) is 11.8 Å². The molecule has 38 heavy (non-hydrogen) atoms. The highest BCUT2D eigenvalue weighted by atomic mass is 19.4. The van der Waals surface area contributed by atoms with Gasteiger partial charge in [-0.1, -0.05) is 25.0 Å². The Morgan fingerprint density at radius 2 is 1.68 bits per heavy atom. The first-order valence-corrected chi connectivity index (χ1v) is 12.5. The van der Waals surface area contributed by atoms with Crippen molar-refractivity contribution in [3.8, 4) is 0 Å². The van der Waals surface area contributed by atoms with Crippen LogP contribution in [0.4, 0.5) is 32.0 Å². The molecule has 2 fully saturated rings. The number of nitrogens with one attached hydrogen (secondary N) is 2. The van der Waals surface area contributed by atoms with E-state index in [0.29, 0.717) is 56.9 Å². The lowest BCUT2D eigenvalue weighted by atomic mass is 9.80. The van der Waals surface area contributed by atoms with Crippen molar-refractivity contribution >= 4 is 17.5 Å². The van der Waals surface area contributed by atoms with Crippen LogP contribution < -0.4 is 10.6 Å². The van der Waals surface area contributed by atoms with Crippen LogP contribution in [-0.4, -0.2) is 29.8 Å². The van der Waals surface area contributed by atoms with Gasteiger partial charge in [0.1, 0.15) is 0 Å². The molecule has 3 aliphatic rings. The normalized spacial score (nSPS) is 21.9. The Bertz CT molecular complexity index is 1220. The number of benzene rings is 2. The van der Waals surface area contributed by atoms with Crippen molar-refractivity contribution < 1.29 is 35.9 Å². The van der Waals surface area contributed by atoms with Gasteiger partial charge in [-0.3, -0.25) is 14.5 Å². The first-order chi connectivity index (χ1) is 17.8. The highest BCUT2D eigenvalue weighted by Gasteiger charge is 2.47. The quantitative estimate of drug-likeness (QED) is 0.455. The standard InChI is InChI=1S/C27H27F6N3O2/c28-26(29,30)20-7-18(8-21(11-20)27(31,32)33)13-34-24(38)25(12-16-1-2-16)5-6-36(15-25)14-17-3-4-19-10-23(37)35-22(19)9-17/h3-4,7-9,11,16H,1-2,5-6,10,12-15H2,(H,34,38)(H,35,37). The van der Waals surface area contributed by atoms with Crippen LogP contribution in [0.3, 0.4) is 0 Å². The maximum Gasteiger partial charge on any atom is 0.416 e. The number of alkyl halides is 6. The molecule has 2 aromatic carbocycles. The lowest BCUT2D eigenvalue weighted by Gasteiger charge is -2.29. The van der Waals surface area contributed by atoms with Crippen LogP contribution >= 0.6 is 0 Å². The van der Waals surface area contributed by atoms with Crippen LogP contribution in [0.2, 0.25) is 0 Å². The Hall–Kier alpha value is -3.08. The highest BCUT2D eigenvalue weighted by molar-refractivity contribution is 5.99. The molecule has 5 rings (SSSR count). The van der Waals surface area contributed by atoms with Crippen LogP contribution in [0, 0.1) is 11.3 Å². The zero-order valence-electron chi connectivity index (χ0n) is 20.4. The third-order valence-electron chi connectivity index (χ3n) is 7.60. The number of carbonyl (C=O) groups is 2. The van der Waals surface area contributed by atoms with E-state index >= 15 is 0 Å². The lowest BCUT2D eigenvalue weighted by Crippen LogP contribution is -2.43. The molecule has 1 saturated carbocycles. The van der Waals surface area contributed by atoms with Gasteiger partial charge in [-0.25, -0.2) is 0 Å². The van der Waals surface area contributed by atoms with E-state index in [4.69, 9.17) is 0 Å². The molecule has 0 aromatic heterocycles. The zero-order chi connectivity index (χ0) is 27.3. The van der Waals surface area contributed by atoms with Crippen molar-refractivity contribution in [3.05, 3.63) is 64.2 Å². The Kier molecular flexibility index (Phi) is 6.69. The van der Waals surface area contributed by atoms with E-state index in [9.17, 15) is 35.9 Å². The summed E-state index contributed by atoms with van der Waals surface area (Å²) in [5.41, 5.74) is -1.11. The van der Waals surface area contributed by atoms with E-state index in [1.54, 1.807) is 0 Å². The second kappa shape index (κ2) is 9.59. The summed E-state index contributed by atoms with van der Waals surface area (Å²) in [6, 6.07) is 7.17. The van der Waals surface area contributed by atoms with E-state index in [0.717, 1.165) is 29.7 Å². The number of likely N-dealkylation sites (tertiary alicyclic amines) is 1. The summed E-state index contributed by atoms with van der Waals surface area (Å²) in [6.07, 6.45) is -6.36. The predicted molar refractivity (Wildman–Crippen MR) is 127 cm³/mol. The number of carbonyl (C=O) groups excluding carboxylic acids is 2. The minimum absolute atomic E-state index is 0.0541. The summed E-state index contributed by atoms with van der Waals surface area (Å²) < 4.78 is 79.4. The van der Waals surface area contributed by atoms with Gasteiger partial charge in [0.25, 0.3) is 0 Å². The minimum atomic E-state index is -4.94. The topological polar surface area (TPSA) is 61.4 Å². The number of hydrogen-bond acceptors (Lipinski definition) is 3. The average molecular weight is 540 g/mol. The van der Waals surface area contributed by atoms with E-state index < -0.39 is 35.4 Å². The number of anilines is 1. The molecule has 1 saturated heterocycles. The maximum atomic E-state index is 13.4. The fourth-order valence-electron chi connectivity index (χ4n) is 5.52. The summed E-state index contributed by atoms with van der Waals surface area (Å²) >= 11 is 0. The van der Waals surface area contributed by atoms with Crippen molar-refractivity contribution in [1.29, 1.82) is 0 Å². The molecule has 204 valence electrons. The molecule has 0 bridgehead atoms. The number of halogens is 6. The van der Waals surface area contributed by atoms with Gasteiger partial charge < -0.3 is 10.6 Å². The molecule has 2 heterocycles. The van der Waals surface area contributed by atoms with Gasteiger partial charge in [-0.05, 0) is 66.3 Å². The molecule has 0 spiro atoms. The number of fused-ring (bicyclic) bond motifs is 1. The monoisotopic (exact) mass is 539 g/mol. The smallest absolute Gasteiger partial charge is 0.352 e. The highest BCUT2D eigenvalue weighted by Crippen LogP contribution is 2.46. The zero-order valence-corrected chi connectivity index (χ0v) is 20.4. The lowest BCUT2D eigenvalue weighted by molar-refractivity contribution is -0.143. The van der Waals surface area contributed by atoms with Crippen LogP contribution in [0.25, 0.3) is 0 Å². The molecule has 1 aliphatic carbocycles. The molecule has 2 aliphatic heterocycles. The molecule has 0 radical (unpaired) electrons. The fraction of sp³-hybridized carbons (Fsp3) is 0.481. The number of hydrogen-bond donors (Lipinski definition) is 2. The van der Waals surface area contributed by atoms with Crippen molar-refractivity contribution in [2.75, 3.05) is 18.4 Å². The molecule has 1 atom stereocenters. The third kappa shape index (κ3) is 5.82. The SMILES string of the molecule is O=C1Cc2ccc(CN3CCC(CC4CC4)(C(=O)NCc4cc(C(F)(F)F)cc(C(F)(F)F)c4)C3)cc2N1. The molecule has 2 N–H and O–H groups in total. The van der Waals surface area contributed by atoms with E-state index in [2.05, 4.69) is 15.5 Å². The molecule has 5 nitrogen and oxygen atoms in total. The van der Waals surface area contributed by atoms with Gasteiger partial charge in [-0.15, -0.1) is 0 Å². The Labute approximate surface area is 215 Å². The van der Waals surface area contributed by atoms with Gasteiger partial charge in [-0.2, -0.15) is 26.3 Å². The van der Waals surface area contributed by atoms with Gasteiger partial charge in [0.15, 0.2) is 0 Å². The van der Waals surface area contributed by atoms with Crippen LogP contribution in [-0.2, 0) is 41.5 Å². The second-order valence-electron chi connectivity index (χ2n) is 10.7. The summed E-state index contributed by atoms with van der Waals surface area (Å²) in [7, 11) is 0. The third-order valence-corrected chi connectivity index (χ3v) is 7.60. The molecular weight excluding hydrogens is 512 g/mol. The first-order valence-electron chi connectivity index (χ1n) is 12.5. The van der Waals surface area contributed by atoms with Crippen molar-refractivity contribution in [3.63, 3.8) is 0 Å². The largest absolute Gasteiger partial charge is 0.416 e. The van der Waals surface area contributed by atoms with E-state index in [-0.39, 0.29) is 23.4 Å². The molecular formula is C27H27F6N3O2. The van der Waals surface area contributed by atoms with Crippen molar-refractivity contribution in [2.24, 2.45) is 11.3 Å². The minimum Gasteiger partial charge on any atom is -0.352 e. The van der Waals surface area contributed by atoms with Crippen molar-refractivity contribution in [1.82, 2.24) is 10.2 Å². The number of rotatable bonds is 7. The average Bonchev–Trinajstić information content (AvgIpc) is 3.42. The van der Waals surface area contributed by atoms with E-state index in [1.807, 2.05) is 18.2 Å². The Morgan fingerprint density at radius 1 is 1.00 bits per heavy atom. The molecule has 1 unspecified atom stereocenters. The van der Waals surface area contributed by atoms with Gasteiger partial charge in [0, 0.05) is 25.3 Å². The summed E-state index contributed by atoms with van der Waals surface area (Å²) in [6.45, 7) is 1.20. The predicted octanol–water partition coefficient (Wildman–Crippen LogP) is 5.53. The Balaban J connectivity index is 1.29. The maximum absolute atomic E-state index is 13.4.